The molecule has 0 spiro atoms. The van der Waals surface area contributed by atoms with Crippen LogP contribution in [0.4, 0.5) is 5.69 Å². The van der Waals surface area contributed by atoms with Crippen LogP contribution in [0.15, 0.2) is 40.9 Å². The number of nitrogen functional groups attached to an aromatic ring is 1. The highest BCUT2D eigenvalue weighted by Gasteiger charge is 2.30. The van der Waals surface area contributed by atoms with E-state index in [2.05, 4.69) is 54.9 Å². The molecule has 3 rings (SSSR count). The van der Waals surface area contributed by atoms with Gasteiger partial charge in [-0.2, -0.15) is 0 Å². The zero-order chi connectivity index (χ0) is 23.0. The van der Waals surface area contributed by atoms with E-state index < -0.39 is 12.1 Å². The van der Waals surface area contributed by atoms with Gasteiger partial charge in [0.15, 0.2) is 6.10 Å². The Bertz CT molecular complexity index is 1180. The Balaban J connectivity index is 2.44. The van der Waals surface area contributed by atoms with Gasteiger partial charge in [0.2, 0.25) is 0 Å². The number of methoxy groups -OCH3 is 1. The molecular weight excluding hydrogens is 454 g/mol. The summed E-state index contributed by atoms with van der Waals surface area (Å²) in [5.41, 5.74) is 16.6. The number of carbonyl (C=O) groups is 1. The number of hydrogen-bond donors (Lipinski definition) is 2. The van der Waals surface area contributed by atoms with Crippen LogP contribution in [-0.2, 0) is 9.53 Å². The van der Waals surface area contributed by atoms with Gasteiger partial charge in [0.1, 0.15) is 0 Å². The van der Waals surface area contributed by atoms with Crippen molar-refractivity contribution in [1.82, 2.24) is 0 Å². The Morgan fingerprint density at radius 2 is 1.39 bits per heavy atom. The van der Waals surface area contributed by atoms with Crippen molar-refractivity contribution in [3.8, 4) is 22.3 Å². The number of anilines is 1. The van der Waals surface area contributed by atoms with Crippen LogP contribution in [0.5, 0.6) is 0 Å². The first-order valence-corrected chi connectivity index (χ1v) is 10.9. The largest absolute Gasteiger partial charge is 0.467 e. The lowest BCUT2D eigenvalue weighted by molar-refractivity contribution is -0.150. The maximum absolute atomic E-state index is 12.3. The van der Waals surface area contributed by atoms with E-state index in [0.29, 0.717) is 15.7 Å². The van der Waals surface area contributed by atoms with Crippen LogP contribution in [0, 0.1) is 34.6 Å². The van der Waals surface area contributed by atoms with Crippen molar-refractivity contribution >= 4 is 27.6 Å². The first kappa shape index (κ1) is 23.0. The summed E-state index contributed by atoms with van der Waals surface area (Å²) in [5.74, 6) is -0.733. The van der Waals surface area contributed by atoms with E-state index >= 15 is 0 Å². The van der Waals surface area contributed by atoms with E-state index in [1.165, 1.54) is 23.8 Å². The molecule has 0 bridgehead atoms. The molecule has 3 N–H and O–H groups in total. The smallest absolute Gasteiger partial charge is 0.339 e. The van der Waals surface area contributed by atoms with Crippen molar-refractivity contribution in [1.29, 1.82) is 0 Å². The lowest BCUT2D eigenvalue weighted by Crippen LogP contribution is -2.17. The van der Waals surface area contributed by atoms with Crippen LogP contribution >= 0.6 is 15.9 Å². The minimum Gasteiger partial charge on any atom is -0.467 e. The van der Waals surface area contributed by atoms with Gasteiger partial charge in [0, 0.05) is 15.6 Å². The molecule has 0 heterocycles. The second-order valence-electron chi connectivity index (χ2n) is 8.04. The molecule has 4 nitrogen and oxygen atoms in total. The molecule has 31 heavy (non-hydrogen) atoms. The maximum Gasteiger partial charge on any atom is 0.339 e. The molecule has 0 fully saturated rings. The number of aliphatic hydroxyl groups is 1. The van der Waals surface area contributed by atoms with Crippen molar-refractivity contribution in [2.75, 3.05) is 12.8 Å². The number of benzene rings is 3. The van der Waals surface area contributed by atoms with Crippen LogP contribution in [0.2, 0.25) is 0 Å². The lowest BCUT2D eigenvalue weighted by Gasteiger charge is -2.24. The van der Waals surface area contributed by atoms with E-state index in [4.69, 9.17) is 10.5 Å². The third-order valence-electron chi connectivity index (χ3n) is 6.05. The van der Waals surface area contributed by atoms with Gasteiger partial charge in [-0.25, -0.2) is 4.79 Å². The summed E-state index contributed by atoms with van der Waals surface area (Å²) >= 11 is 3.58. The highest BCUT2D eigenvalue weighted by molar-refractivity contribution is 9.10. The van der Waals surface area contributed by atoms with Crippen LogP contribution in [0.25, 0.3) is 22.3 Å². The van der Waals surface area contributed by atoms with E-state index in [0.717, 1.165) is 33.4 Å². The quantitative estimate of drug-likeness (QED) is 0.348. The predicted octanol–water partition coefficient (Wildman–Crippen LogP) is 6.11. The van der Waals surface area contributed by atoms with Crippen LogP contribution in [0.1, 0.15) is 39.5 Å². The summed E-state index contributed by atoms with van der Waals surface area (Å²) in [6.45, 7) is 10.2. The van der Waals surface area contributed by atoms with Crippen LogP contribution in [-0.4, -0.2) is 18.2 Å². The van der Waals surface area contributed by atoms with E-state index in [9.17, 15) is 9.90 Å². The van der Waals surface area contributed by atoms with Crippen molar-refractivity contribution in [3.63, 3.8) is 0 Å². The number of rotatable bonds is 4. The summed E-state index contributed by atoms with van der Waals surface area (Å²) in [4.78, 5) is 12.3. The second-order valence-corrected chi connectivity index (χ2v) is 8.83. The fourth-order valence-corrected chi connectivity index (χ4v) is 4.53. The predicted molar refractivity (Wildman–Crippen MR) is 130 cm³/mol. The topological polar surface area (TPSA) is 72.5 Å². The van der Waals surface area contributed by atoms with Gasteiger partial charge < -0.3 is 15.6 Å². The minimum absolute atomic E-state index is 0.415. The molecule has 0 amide bonds. The number of aliphatic hydroxyl groups excluding tert-OH is 1. The summed E-state index contributed by atoms with van der Waals surface area (Å²) in [5, 5.41) is 10.9. The molecular formula is C26H28BrNO3. The molecule has 0 saturated carbocycles. The van der Waals surface area contributed by atoms with Crippen LogP contribution < -0.4 is 5.73 Å². The van der Waals surface area contributed by atoms with Crippen LogP contribution in [0.3, 0.4) is 0 Å². The van der Waals surface area contributed by atoms with Gasteiger partial charge in [-0.1, -0.05) is 36.4 Å². The van der Waals surface area contributed by atoms with E-state index in [-0.39, 0.29) is 0 Å². The van der Waals surface area contributed by atoms with Gasteiger partial charge in [-0.05, 0) is 95.1 Å². The molecule has 0 saturated heterocycles. The maximum atomic E-state index is 12.3. The molecule has 1 atom stereocenters. The number of carbonyl (C=O) groups excluding carboxylic acids is 1. The fourth-order valence-electron chi connectivity index (χ4n) is 3.92. The van der Waals surface area contributed by atoms with Crippen molar-refractivity contribution < 1.29 is 14.6 Å². The molecule has 3 aromatic rings. The SMILES string of the molecule is COC(=O)C(O)c1c(Br)c(N)c(-c2ccc(C)c(C)c2)c(C)c1-c1ccc(C)c(C)c1. The third kappa shape index (κ3) is 4.12. The molecule has 5 heteroatoms. The van der Waals surface area contributed by atoms with Crippen molar-refractivity contribution in [2.45, 2.75) is 40.7 Å². The standard InChI is InChI=1S/C26H28BrNO3/c1-13-7-9-18(11-15(13)3)20-17(5)21(19-10-8-14(2)16(4)12-19)24(28)23(27)22(20)25(29)26(30)31-6/h7-12,25,29H,28H2,1-6H3. The summed E-state index contributed by atoms with van der Waals surface area (Å²) in [6.07, 6.45) is -1.47. The van der Waals surface area contributed by atoms with Gasteiger partial charge in [0.05, 0.1) is 12.8 Å². The fraction of sp³-hybridized carbons (Fsp3) is 0.269. The highest BCUT2D eigenvalue weighted by atomic mass is 79.9. The summed E-state index contributed by atoms with van der Waals surface area (Å²) in [7, 11) is 1.26. The molecule has 0 radical (unpaired) electrons. The van der Waals surface area contributed by atoms with E-state index in [1.54, 1.807) is 0 Å². The number of esters is 1. The zero-order valence-electron chi connectivity index (χ0n) is 18.8. The van der Waals surface area contributed by atoms with Crippen molar-refractivity contribution in [3.05, 3.63) is 74.3 Å². The monoisotopic (exact) mass is 481 g/mol. The highest BCUT2D eigenvalue weighted by Crippen LogP contribution is 2.47. The lowest BCUT2D eigenvalue weighted by atomic mass is 9.84. The molecule has 0 aliphatic rings. The molecule has 1 unspecified atom stereocenters. The zero-order valence-corrected chi connectivity index (χ0v) is 20.3. The Morgan fingerprint density at radius 1 is 0.903 bits per heavy atom. The number of nitrogens with two attached hydrogens (primary N) is 1. The average Bonchev–Trinajstić information content (AvgIpc) is 2.74. The van der Waals surface area contributed by atoms with Gasteiger partial charge in [-0.3, -0.25) is 0 Å². The Morgan fingerprint density at radius 3 is 1.84 bits per heavy atom. The van der Waals surface area contributed by atoms with E-state index in [1.807, 2.05) is 32.0 Å². The first-order valence-electron chi connectivity index (χ1n) is 10.1. The molecule has 3 aromatic carbocycles. The third-order valence-corrected chi connectivity index (χ3v) is 6.90. The number of halogens is 1. The minimum atomic E-state index is -1.47. The van der Waals surface area contributed by atoms with Gasteiger partial charge >= 0.3 is 5.97 Å². The molecule has 162 valence electrons. The average molecular weight is 482 g/mol. The first-order chi connectivity index (χ1) is 14.6. The molecule has 0 aliphatic heterocycles. The summed E-state index contributed by atoms with van der Waals surface area (Å²) < 4.78 is 5.33. The Labute approximate surface area is 192 Å². The number of aryl methyl sites for hydroxylation is 4. The normalized spacial score (nSPS) is 12.0. The number of ether oxygens (including phenoxy) is 1. The van der Waals surface area contributed by atoms with Gasteiger partial charge in [0.25, 0.3) is 0 Å². The Kier molecular flexibility index (Phi) is 6.58. The number of hydrogen-bond acceptors (Lipinski definition) is 4. The van der Waals surface area contributed by atoms with Crippen molar-refractivity contribution in [2.24, 2.45) is 0 Å². The molecule has 0 aromatic heterocycles. The molecule has 0 aliphatic carbocycles. The van der Waals surface area contributed by atoms with Gasteiger partial charge in [-0.15, -0.1) is 0 Å². The summed E-state index contributed by atoms with van der Waals surface area (Å²) in [6, 6.07) is 12.3. The Hall–Kier alpha value is -2.63. The second kappa shape index (κ2) is 8.85.